The summed E-state index contributed by atoms with van der Waals surface area (Å²) in [5.74, 6) is -1.22. The summed E-state index contributed by atoms with van der Waals surface area (Å²) < 4.78 is 6.76. The molecule has 0 unspecified atom stereocenters. The summed E-state index contributed by atoms with van der Waals surface area (Å²) in [6, 6.07) is 11.6. The molecule has 1 N–H and O–H groups in total. The number of benzene rings is 1. The first kappa shape index (κ1) is 18.9. The van der Waals surface area contributed by atoms with E-state index in [2.05, 4.69) is 5.32 Å². The number of hydrogen-bond donors (Lipinski definition) is 1. The van der Waals surface area contributed by atoms with Gasteiger partial charge in [-0.1, -0.05) is 6.07 Å². The SMILES string of the molecule is O=C1NC(=O)N(Cc2ccco2)C(=O)C1=Cc1cccn1-c1cccc([N+](=O)[O-])c1. The second kappa shape index (κ2) is 7.51. The number of aromatic nitrogens is 1. The number of nitro benzene ring substituents is 1. The van der Waals surface area contributed by atoms with Crippen LogP contribution < -0.4 is 5.32 Å². The quantitative estimate of drug-likeness (QED) is 0.300. The van der Waals surface area contributed by atoms with Gasteiger partial charge in [-0.05, 0) is 36.4 Å². The van der Waals surface area contributed by atoms with Gasteiger partial charge < -0.3 is 8.98 Å². The van der Waals surface area contributed by atoms with Crippen molar-refractivity contribution >= 4 is 29.6 Å². The van der Waals surface area contributed by atoms with Crippen molar-refractivity contribution < 1.29 is 23.7 Å². The van der Waals surface area contributed by atoms with E-state index in [-0.39, 0.29) is 17.8 Å². The monoisotopic (exact) mass is 406 g/mol. The van der Waals surface area contributed by atoms with Crippen LogP contribution in [0.3, 0.4) is 0 Å². The average molecular weight is 406 g/mol. The number of barbiturate groups is 1. The third-order valence-electron chi connectivity index (χ3n) is 4.47. The minimum atomic E-state index is -0.840. The molecule has 4 rings (SSSR count). The Labute approximate surface area is 169 Å². The van der Waals surface area contributed by atoms with Crippen molar-refractivity contribution in [3.05, 3.63) is 88.1 Å². The molecule has 150 valence electrons. The molecule has 0 aliphatic carbocycles. The van der Waals surface area contributed by atoms with Gasteiger partial charge in [0.2, 0.25) is 0 Å². The van der Waals surface area contributed by atoms with E-state index in [1.807, 2.05) is 0 Å². The lowest BCUT2D eigenvalue weighted by atomic mass is 10.1. The van der Waals surface area contributed by atoms with Crippen molar-refractivity contribution in [3.8, 4) is 5.69 Å². The second-order valence-corrected chi connectivity index (χ2v) is 6.37. The van der Waals surface area contributed by atoms with E-state index in [0.29, 0.717) is 17.1 Å². The van der Waals surface area contributed by atoms with E-state index in [0.717, 1.165) is 4.90 Å². The molecule has 3 aromatic rings. The highest BCUT2D eigenvalue weighted by Crippen LogP contribution is 2.22. The number of non-ortho nitro benzene ring substituents is 1. The summed E-state index contributed by atoms with van der Waals surface area (Å²) >= 11 is 0. The number of imide groups is 2. The van der Waals surface area contributed by atoms with Crippen molar-refractivity contribution in [1.29, 1.82) is 0 Å². The first-order chi connectivity index (χ1) is 14.4. The highest BCUT2D eigenvalue weighted by molar-refractivity contribution is 6.30. The van der Waals surface area contributed by atoms with E-state index in [9.17, 15) is 24.5 Å². The molecule has 1 aromatic carbocycles. The second-order valence-electron chi connectivity index (χ2n) is 6.37. The molecule has 1 aliphatic rings. The number of nitro groups is 1. The summed E-state index contributed by atoms with van der Waals surface area (Å²) in [5, 5.41) is 13.2. The van der Waals surface area contributed by atoms with E-state index >= 15 is 0 Å². The molecule has 0 radical (unpaired) electrons. The lowest BCUT2D eigenvalue weighted by Gasteiger charge is -2.25. The Morgan fingerprint density at radius 2 is 1.93 bits per heavy atom. The Hall–Kier alpha value is -4.47. The minimum absolute atomic E-state index is 0.0958. The largest absolute Gasteiger partial charge is 0.467 e. The summed E-state index contributed by atoms with van der Waals surface area (Å²) in [6.07, 6.45) is 4.38. The van der Waals surface area contributed by atoms with E-state index in [1.165, 1.54) is 30.5 Å². The Balaban J connectivity index is 1.69. The van der Waals surface area contributed by atoms with Crippen molar-refractivity contribution in [1.82, 2.24) is 14.8 Å². The van der Waals surface area contributed by atoms with Crippen molar-refractivity contribution in [2.24, 2.45) is 0 Å². The number of hydrogen-bond acceptors (Lipinski definition) is 6. The standard InChI is InChI=1S/C20H14N4O6/c25-18-17(19(26)23(20(27)21-18)12-16-7-3-9-30-16)11-14-6-2-8-22(14)13-4-1-5-15(10-13)24(28)29/h1-11H,12H2,(H,21,25,27). The fraction of sp³-hybridized carbons (Fsp3) is 0.0500. The molecule has 0 atom stereocenters. The molecule has 4 amide bonds. The summed E-state index contributed by atoms with van der Waals surface area (Å²) in [7, 11) is 0. The number of urea groups is 1. The van der Waals surface area contributed by atoms with Gasteiger partial charge in [0, 0.05) is 24.0 Å². The number of nitrogens with one attached hydrogen (secondary N) is 1. The third-order valence-corrected chi connectivity index (χ3v) is 4.47. The Bertz CT molecular complexity index is 1190. The smallest absolute Gasteiger partial charge is 0.331 e. The molecule has 0 bridgehead atoms. The topological polar surface area (TPSA) is 128 Å². The Kier molecular flexibility index (Phi) is 4.72. The lowest BCUT2D eigenvalue weighted by Crippen LogP contribution is -2.53. The van der Waals surface area contributed by atoms with Crippen LogP contribution >= 0.6 is 0 Å². The van der Waals surface area contributed by atoms with Gasteiger partial charge in [0.05, 0.1) is 23.4 Å². The molecule has 3 heterocycles. The molecule has 10 nitrogen and oxygen atoms in total. The summed E-state index contributed by atoms with van der Waals surface area (Å²) in [5.41, 5.74) is 0.572. The van der Waals surface area contributed by atoms with Gasteiger partial charge in [0.15, 0.2) is 0 Å². The molecule has 0 saturated carbocycles. The fourth-order valence-electron chi connectivity index (χ4n) is 3.05. The minimum Gasteiger partial charge on any atom is -0.467 e. The van der Waals surface area contributed by atoms with E-state index in [1.54, 1.807) is 41.1 Å². The predicted octanol–water partition coefficient (Wildman–Crippen LogP) is 2.64. The van der Waals surface area contributed by atoms with Gasteiger partial charge in [0.1, 0.15) is 11.3 Å². The zero-order valence-corrected chi connectivity index (χ0v) is 15.3. The number of carbonyl (C=O) groups is 3. The van der Waals surface area contributed by atoms with Crippen LogP contribution in [0.4, 0.5) is 10.5 Å². The van der Waals surface area contributed by atoms with Crippen molar-refractivity contribution in [2.75, 3.05) is 0 Å². The van der Waals surface area contributed by atoms with Crippen molar-refractivity contribution in [3.63, 3.8) is 0 Å². The first-order valence-corrected chi connectivity index (χ1v) is 8.77. The van der Waals surface area contributed by atoms with Crippen LogP contribution in [0.5, 0.6) is 0 Å². The summed E-state index contributed by atoms with van der Waals surface area (Å²) in [4.78, 5) is 48.7. The van der Waals surface area contributed by atoms with Gasteiger partial charge >= 0.3 is 6.03 Å². The number of rotatable bonds is 5. The molecule has 10 heteroatoms. The van der Waals surface area contributed by atoms with Crippen molar-refractivity contribution in [2.45, 2.75) is 6.54 Å². The highest BCUT2D eigenvalue weighted by Gasteiger charge is 2.36. The molecule has 1 saturated heterocycles. The van der Waals surface area contributed by atoms with Crippen LogP contribution in [0.15, 0.2) is 71.0 Å². The zero-order valence-electron chi connectivity index (χ0n) is 15.3. The number of carbonyl (C=O) groups excluding carboxylic acids is 3. The fourth-order valence-corrected chi connectivity index (χ4v) is 3.05. The van der Waals surface area contributed by atoms with Crippen LogP contribution in [-0.4, -0.2) is 32.2 Å². The maximum absolute atomic E-state index is 12.8. The molecule has 2 aromatic heterocycles. The predicted molar refractivity (Wildman–Crippen MR) is 103 cm³/mol. The van der Waals surface area contributed by atoms with Crippen LogP contribution in [0.1, 0.15) is 11.5 Å². The van der Waals surface area contributed by atoms with Gasteiger partial charge in [0.25, 0.3) is 17.5 Å². The van der Waals surface area contributed by atoms with E-state index < -0.39 is 22.8 Å². The summed E-state index contributed by atoms with van der Waals surface area (Å²) in [6.45, 7) is -0.131. The highest BCUT2D eigenvalue weighted by atomic mass is 16.6. The molecule has 30 heavy (non-hydrogen) atoms. The normalized spacial score (nSPS) is 15.5. The van der Waals surface area contributed by atoms with Gasteiger partial charge in [-0.25, -0.2) is 4.79 Å². The first-order valence-electron chi connectivity index (χ1n) is 8.77. The third kappa shape index (κ3) is 3.49. The molecule has 1 aliphatic heterocycles. The average Bonchev–Trinajstić information content (AvgIpc) is 3.40. The lowest BCUT2D eigenvalue weighted by molar-refractivity contribution is -0.384. The number of nitrogens with zero attached hydrogens (tertiary/aromatic N) is 3. The van der Waals surface area contributed by atoms with Crippen LogP contribution in [0.2, 0.25) is 0 Å². The van der Waals surface area contributed by atoms with E-state index in [4.69, 9.17) is 4.42 Å². The van der Waals surface area contributed by atoms with Gasteiger partial charge in [-0.3, -0.25) is 29.9 Å². The number of amides is 4. The molecule has 0 spiro atoms. The van der Waals surface area contributed by atoms with Crippen LogP contribution in [0.25, 0.3) is 11.8 Å². The van der Waals surface area contributed by atoms with Crippen LogP contribution in [0, 0.1) is 10.1 Å². The Morgan fingerprint density at radius 1 is 1.10 bits per heavy atom. The molecular weight excluding hydrogens is 392 g/mol. The van der Waals surface area contributed by atoms with Gasteiger partial charge in [-0.2, -0.15) is 0 Å². The number of furan rings is 1. The van der Waals surface area contributed by atoms with Crippen LogP contribution in [-0.2, 0) is 16.1 Å². The Morgan fingerprint density at radius 3 is 2.67 bits per heavy atom. The molecular formula is C20H14N4O6. The van der Waals surface area contributed by atoms with Gasteiger partial charge in [-0.15, -0.1) is 0 Å². The maximum Gasteiger partial charge on any atom is 0.331 e. The zero-order chi connectivity index (χ0) is 21.3. The molecule has 1 fully saturated rings. The maximum atomic E-state index is 12.8.